The number of pyridine rings is 1. The Labute approximate surface area is 202 Å². The molecule has 0 saturated heterocycles. The van der Waals surface area contributed by atoms with Crippen LogP contribution in [0.25, 0.3) is 17.1 Å². The molecule has 0 spiro atoms. The maximum Gasteiger partial charge on any atom is 0.238 e. The van der Waals surface area contributed by atoms with E-state index in [1.807, 2.05) is 72.0 Å². The van der Waals surface area contributed by atoms with Crippen molar-refractivity contribution < 1.29 is 4.79 Å². The number of likely N-dealkylation sites (N-methyl/N-ethyl adjacent to an activating group) is 1. The predicted octanol–water partition coefficient (Wildman–Crippen LogP) is 4.96. The number of anilines is 1. The van der Waals surface area contributed by atoms with Crippen molar-refractivity contribution in [2.45, 2.75) is 13.6 Å². The molecule has 0 aliphatic carbocycles. The highest BCUT2D eigenvalue weighted by molar-refractivity contribution is 7.71. The Hall–Kier alpha value is -3.33. The van der Waals surface area contributed by atoms with Crippen molar-refractivity contribution in [2.24, 2.45) is 0 Å². The van der Waals surface area contributed by atoms with Crippen molar-refractivity contribution in [2.75, 3.05) is 18.9 Å². The van der Waals surface area contributed by atoms with Crippen molar-refractivity contribution >= 4 is 35.4 Å². The van der Waals surface area contributed by atoms with Gasteiger partial charge in [-0.05, 0) is 62.1 Å². The summed E-state index contributed by atoms with van der Waals surface area (Å²) in [6.45, 7) is 2.52. The SMILES string of the molecule is Cc1ccccc1-n1c(-c2ccncc2)nn(CN(C)CC(=O)Nc2ccccc2Cl)c1=S. The standard InChI is InChI=1S/C24H23ClN6OS/c1-17-7-3-6-10-21(17)31-23(18-11-13-26-14-12-18)28-30(24(31)33)16-29(2)15-22(32)27-20-9-5-4-8-19(20)25/h3-14H,15-16H2,1-2H3,(H,27,32). The minimum Gasteiger partial charge on any atom is -0.324 e. The molecule has 4 aromatic rings. The van der Waals surface area contributed by atoms with Crippen LogP contribution < -0.4 is 5.32 Å². The highest BCUT2D eigenvalue weighted by Crippen LogP contribution is 2.24. The molecule has 1 amide bonds. The number of carbonyl (C=O) groups excluding carboxylic acids is 1. The molecule has 0 fully saturated rings. The lowest BCUT2D eigenvalue weighted by atomic mass is 10.2. The number of rotatable bonds is 7. The van der Waals surface area contributed by atoms with Gasteiger partial charge in [-0.15, -0.1) is 5.10 Å². The first-order chi connectivity index (χ1) is 15.9. The summed E-state index contributed by atoms with van der Waals surface area (Å²) >= 11 is 12.0. The van der Waals surface area contributed by atoms with Crippen LogP contribution in [0.2, 0.25) is 5.02 Å². The van der Waals surface area contributed by atoms with Crippen LogP contribution >= 0.6 is 23.8 Å². The summed E-state index contributed by atoms with van der Waals surface area (Å²) in [6.07, 6.45) is 3.45. The second-order valence-corrected chi connectivity index (χ2v) is 8.42. The maximum absolute atomic E-state index is 12.5. The number of nitrogens with zero attached hydrogens (tertiary/aromatic N) is 5. The number of halogens is 1. The van der Waals surface area contributed by atoms with Gasteiger partial charge in [-0.3, -0.25) is 19.2 Å². The summed E-state index contributed by atoms with van der Waals surface area (Å²) in [6, 6.07) is 19.0. The van der Waals surface area contributed by atoms with Crippen molar-refractivity contribution in [1.82, 2.24) is 24.2 Å². The summed E-state index contributed by atoms with van der Waals surface area (Å²) < 4.78 is 4.22. The number of aromatic nitrogens is 4. The smallest absolute Gasteiger partial charge is 0.238 e. The van der Waals surface area contributed by atoms with Gasteiger partial charge in [0.25, 0.3) is 0 Å². The van der Waals surface area contributed by atoms with E-state index in [4.69, 9.17) is 28.9 Å². The van der Waals surface area contributed by atoms with Gasteiger partial charge >= 0.3 is 0 Å². The third-order valence-electron chi connectivity index (χ3n) is 5.07. The van der Waals surface area contributed by atoms with E-state index in [0.29, 0.717) is 28.0 Å². The Morgan fingerprint density at radius 1 is 1.09 bits per heavy atom. The molecule has 9 heteroatoms. The van der Waals surface area contributed by atoms with E-state index in [1.165, 1.54) is 0 Å². The molecule has 168 valence electrons. The van der Waals surface area contributed by atoms with E-state index < -0.39 is 0 Å². The molecule has 2 aromatic heterocycles. The summed E-state index contributed by atoms with van der Waals surface area (Å²) in [5.74, 6) is 0.537. The average Bonchev–Trinajstić information content (AvgIpc) is 3.12. The third-order valence-corrected chi connectivity index (χ3v) is 5.79. The summed E-state index contributed by atoms with van der Waals surface area (Å²) in [7, 11) is 1.84. The van der Waals surface area contributed by atoms with Crippen molar-refractivity contribution in [3.63, 3.8) is 0 Å². The molecule has 2 heterocycles. The van der Waals surface area contributed by atoms with E-state index in [0.717, 1.165) is 16.8 Å². The van der Waals surface area contributed by atoms with Crippen molar-refractivity contribution in [3.8, 4) is 17.1 Å². The number of benzene rings is 2. The zero-order chi connectivity index (χ0) is 23.4. The van der Waals surface area contributed by atoms with Crippen LogP contribution in [0, 0.1) is 11.7 Å². The van der Waals surface area contributed by atoms with Gasteiger partial charge in [-0.2, -0.15) is 0 Å². The predicted molar refractivity (Wildman–Crippen MR) is 133 cm³/mol. The molecular weight excluding hydrogens is 456 g/mol. The molecule has 33 heavy (non-hydrogen) atoms. The molecule has 0 unspecified atom stereocenters. The van der Waals surface area contributed by atoms with Crippen LogP contribution in [0.3, 0.4) is 0 Å². The van der Waals surface area contributed by atoms with Crippen LogP contribution in [0.1, 0.15) is 5.56 Å². The van der Waals surface area contributed by atoms with Crippen LogP contribution in [0.4, 0.5) is 5.69 Å². The molecule has 0 radical (unpaired) electrons. The lowest BCUT2D eigenvalue weighted by Gasteiger charge is -2.16. The van der Waals surface area contributed by atoms with E-state index in [-0.39, 0.29) is 12.5 Å². The van der Waals surface area contributed by atoms with E-state index in [1.54, 1.807) is 29.2 Å². The summed E-state index contributed by atoms with van der Waals surface area (Å²) in [5.41, 5.74) is 3.52. The number of carbonyl (C=O) groups is 1. The monoisotopic (exact) mass is 478 g/mol. The normalized spacial score (nSPS) is 11.0. The molecule has 0 atom stereocenters. The Kier molecular flexibility index (Phi) is 6.98. The van der Waals surface area contributed by atoms with Crippen LogP contribution in [-0.2, 0) is 11.5 Å². The number of hydrogen-bond acceptors (Lipinski definition) is 5. The lowest BCUT2D eigenvalue weighted by molar-refractivity contribution is -0.117. The van der Waals surface area contributed by atoms with Gasteiger partial charge in [0.15, 0.2) is 5.82 Å². The second-order valence-electron chi connectivity index (χ2n) is 7.65. The van der Waals surface area contributed by atoms with E-state index in [9.17, 15) is 4.79 Å². The fraction of sp³-hybridized carbons (Fsp3) is 0.167. The topological polar surface area (TPSA) is 68.0 Å². The van der Waals surface area contributed by atoms with Gasteiger partial charge in [-0.25, -0.2) is 4.68 Å². The zero-order valence-corrected chi connectivity index (χ0v) is 19.8. The minimum absolute atomic E-state index is 0.148. The van der Waals surface area contributed by atoms with Crippen molar-refractivity contribution in [1.29, 1.82) is 0 Å². The number of hydrogen-bond donors (Lipinski definition) is 1. The first kappa shape index (κ1) is 22.8. The number of amides is 1. The molecule has 0 bridgehead atoms. The Morgan fingerprint density at radius 3 is 2.52 bits per heavy atom. The maximum atomic E-state index is 12.5. The van der Waals surface area contributed by atoms with Crippen LogP contribution in [0.15, 0.2) is 73.1 Å². The van der Waals surface area contributed by atoms with E-state index >= 15 is 0 Å². The number of nitrogens with one attached hydrogen (secondary N) is 1. The molecule has 0 saturated carbocycles. The minimum atomic E-state index is -0.176. The van der Waals surface area contributed by atoms with E-state index in [2.05, 4.69) is 10.3 Å². The highest BCUT2D eigenvalue weighted by Gasteiger charge is 2.17. The molecule has 2 aromatic carbocycles. The number of aryl methyl sites for hydroxylation is 1. The van der Waals surface area contributed by atoms with Gasteiger partial charge < -0.3 is 5.32 Å². The lowest BCUT2D eigenvalue weighted by Crippen LogP contribution is -2.32. The van der Waals surface area contributed by atoms with Gasteiger partial charge in [0.1, 0.15) is 0 Å². The highest BCUT2D eigenvalue weighted by atomic mass is 35.5. The fourth-order valence-electron chi connectivity index (χ4n) is 3.50. The van der Waals surface area contributed by atoms with Gasteiger partial charge in [0.2, 0.25) is 10.7 Å². The molecule has 7 nitrogen and oxygen atoms in total. The van der Waals surface area contributed by atoms with Gasteiger partial charge in [0, 0.05) is 18.0 Å². The Morgan fingerprint density at radius 2 is 1.79 bits per heavy atom. The molecule has 4 rings (SSSR count). The average molecular weight is 479 g/mol. The first-order valence-corrected chi connectivity index (χ1v) is 11.1. The molecule has 0 aliphatic heterocycles. The van der Waals surface area contributed by atoms with Gasteiger partial charge in [0.05, 0.1) is 29.6 Å². The first-order valence-electron chi connectivity index (χ1n) is 10.3. The molecule has 1 N–H and O–H groups in total. The zero-order valence-electron chi connectivity index (χ0n) is 18.3. The second kappa shape index (κ2) is 10.1. The Bertz CT molecular complexity index is 1330. The summed E-state index contributed by atoms with van der Waals surface area (Å²) in [4.78, 5) is 18.5. The Balaban J connectivity index is 1.61. The largest absolute Gasteiger partial charge is 0.324 e. The van der Waals surface area contributed by atoms with Gasteiger partial charge in [-0.1, -0.05) is 41.9 Å². The van der Waals surface area contributed by atoms with Crippen molar-refractivity contribution in [3.05, 3.63) is 88.4 Å². The van der Waals surface area contributed by atoms with Crippen LogP contribution in [-0.4, -0.2) is 43.7 Å². The fourth-order valence-corrected chi connectivity index (χ4v) is 3.96. The molecule has 0 aliphatic rings. The summed E-state index contributed by atoms with van der Waals surface area (Å²) in [5, 5.41) is 8.13. The third kappa shape index (κ3) is 5.19. The number of para-hydroxylation sites is 2. The molecular formula is C24H23ClN6OS. The quantitative estimate of drug-likeness (QED) is 0.380. The van der Waals surface area contributed by atoms with Crippen LogP contribution in [0.5, 0.6) is 0 Å².